The lowest BCUT2D eigenvalue weighted by atomic mass is 10.1. The molecular formula is C13H17NO3. The van der Waals surface area contributed by atoms with E-state index >= 15 is 0 Å². The SMILES string of the molecule is CCOc1ccc(C(=O)NC(C)C(C)=O)cc1. The Kier molecular flexibility index (Phi) is 4.69. The van der Waals surface area contributed by atoms with Crippen molar-refractivity contribution in [3.8, 4) is 5.75 Å². The van der Waals surface area contributed by atoms with Crippen LogP contribution in [0.5, 0.6) is 5.75 Å². The number of hydrogen-bond acceptors (Lipinski definition) is 3. The minimum Gasteiger partial charge on any atom is -0.494 e. The van der Waals surface area contributed by atoms with Crippen molar-refractivity contribution < 1.29 is 14.3 Å². The van der Waals surface area contributed by atoms with Gasteiger partial charge in [0.2, 0.25) is 0 Å². The highest BCUT2D eigenvalue weighted by molar-refractivity contribution is 5.97. The number of amides is 1. The number of nitrogens with one attached hydrogen (secondary N) is 1. The number of ketones is 1. The van der Waals surface area contributed by atoms with Gasteiger partial charge in [-0.2, -0.15) is 0 Å². The summed E-state index contributed by atoms with van der Waals surface area (Å²) in [6.07, 6.45) is 0. The van der Waals surface area contributed by atoms with Gasteiger partial charge in [-0.15, -0.1) is 0 Å². The van der Waals surface area contributed by atoms with Gasteiger partial charge in [0, 0.05) is 5.56 Å². The summed E-state index contributed by atoms with van der Waals surface area (Å²) in [4.78, 5) is 22.7. The average Bonchev–Trinajstić information content (AvgIpc) is 2.30. The van der Waals surface area contributed by atoms with Crippen LogP contribution in [0.3, 0.4) is 0 Å². The van der Waals surface area contributed by atoms with Crippen LogP contribution in [0.1, 0.15) is 31.1 Å². The minimum absolute atomic E-state index is 0.0655. The third-order valence-electron chi connectivity index (χ3n) is 2.38. The lowest BCUT2D eigenvalue weighted by molar-refractivity contribution is -0.118. The largest absolute Gasteiger partial charge is 0.494 e. The molecular weight excluding hydrogens is 218 g/mol. The zero-order valence-corrected chi connectivity index (χ0v) is 10.3. The predicted molar refractivity (Wildman–Crippen MR) is 65.2 cm³/mol. The summed E-state index contributed by atoms with van der Waals surface area (Å²) in [5, 5.41) is 2.62. The number of hydrogen-bond donors (Lipinski definition) is 1. The zero-order chi connectivity index (χ0) is 12.8. The molecule has 17 heavy (non-hydrogen) atoms. The second kappa shape index (κ2) is 6.03. The molecule has 4 nitrogen and oxygen atoms in total. The van der Waals surface area contributed by atoms with E-state index in [9.17, 15) is 9.59 Å². The fraction of sp³-hybridized carbons (Fsp3) is 0.385. The highest BCUT2D eigenvalue weighted by Gasteiger charge is 2.12. The highest BCUT2D eigenvalue weighted by atomic mass is 16.5. The van der Waals surface area contributed by atoms with Crippen molar-refractivity contribution >= 4 is 11.7 Å². The lowest BCUT2D eigenvalue weighted by Crippen LogP contribution is -2.37. The Balaban J connectivity index is 2.66. The van der Waals surface area contributed by atoms with Gasteiger partial charge in [-0.3, -0.25) is 9.59 Å². The van der Waals surface area contributed by atoms with E-state index in [-0.39, 0.29) is 11.7 Å². The molecule has 1 N–H and O–H groups in total. The van der Waals surface area contributed by atoms with Crippen LogP contribution >= 0.6 is 0 Å². The first-order valence-corrected chi connectivity index (χ1v) is 5.58. The molecule has 0 aromatic heterocycles. The molecule has 0 bridgehead atoms. The van der Waals surface area contributed by atoms with Gasteiger partial charge in [0.25, 0.3) is 5.91 Å². The van der Waals surface area contributed by atoms with E-state index in [1.807, 2.05) is 6.92 Å². The van der Waals surface area contributed by atoms with E-state index in [4.69, 9.17) is 4.74 Å². The fourth-order valence-corrected chi connectivity index (χ4v) is 1.25. The maximum absolute atomic E-state index is 11.7. The normalized spacial score (nSPS) is 11.7. The van der Waals surface area contributed by atoms with E-state index in [2.05, 4.69) is 5.32 Å². The summed E-state index contributed by atoms with van der Waals surface area (Å²) in [7, 11) is 0. The molecule has 1 unspecified atom stereocenters. The summed E-state index contributed by atoms with van der Waals surface area (Å²) in [6, 6.07) is 6.35. The quantitative estimate of drug-likeness (QED) is 0.846. The summed E-state index contributed by atoms with van der Waals surface area (Å²) in [5.74, 6) is 0.406. The van der Waals surface area contributed by atoms with Gasteiger partial charge in [-0.1, -0.05) is 0 Å². The van der Waals surface area contributed by atoms with Gasteiger partial charge in [-0.25, -0.2) is 0 Å². The molecule has 1 rings (SSSR count). The lowest BCUT2D eigenvalue weighted by Gasteiger charge is -2.10. The molecule has 0 radical (unpaired) electrons. The van der Waals surface area contributed by atoms with Gasteiger partial charge < -0.3 is 10.1 Å². The number of benzene rings is 1. The third-order valence-corrected chi connectivity index (χ3v) is 2.38. The summed E-state index contributed by atoms with van der Waals surface area (Å²) in [5.41, 5.74) is 0.515. The summed E-state index contributed by atoms with van der Waals surface area (Å²) < 4.78 is 5.27. The van der Waals surface area contributed by atoms with Gasteiger partial charge >= 0.3 is 0 Å². The molecule has 0 aliphatic rings. The van der Waals surface area contributed by atoms with E-state index in [0.29, 0.717) is 12.2 Å². The molecule has 0 aliphatic carbocycles. The van der Waals surface area contributed by atoms with Crippen LogP contribution in [-0.4, -0.2) is 24.3 Å². The Morgan fingerprint density at radius 1 is 1.29 bits per heavy atom. The fourth-order valence-electron chi connectivity index (χ4n) is 1.25. The van der Waals surface area contributed by atoms with Crippen molar-refractivity contribution in [2.75, 3.05) is 6.61 Å². The van der Waals surface area contributed by atoms with Crippen molar-refractivity contribution in [1.82, 2.24) is 5.32 Å². The smallest absolute Gasteiger partial charge is 0.251 e. The molecule has 0 heterocycles. The third kappa shape index (κ3) is 3.90. The standard InChI is InChI=1S/C13H17NO3/c1-4-17-12-7-5-11(6-8-12)13(16)14-9(2)10(3)15/h5-9H,4H2,1-3H3,(H,14,16). The molecule has 0 saturated carbocycles. The first-order valence-electron chi connectivity index (χ1n) is 5.58. The Hall–Kier alpha value is -1.84. The van der Waals surface area contributed by atoms with Gasteiger partial charge in [0.05, 0.1) is 12.6 Å². The van der Waals surface area contributed by atoms with E-state index < -0.39 is 6.04 Å². The molecule has 1 atom stereocenters. The summed E-state index contributed by atoms with van der Waals surface area (Å²) in [6.45, 7) is 5.60. The van der Waals surface area contributed by atoms with Gasteiger partial charge in [0.1, 0.15) is 5.75 Å². The Labute approximate surface area is 101 Å². The van der Waals surface area contributed by atoms with Gasteiger partial charge in [0.15, 0.2) is 5.78 Å². The van der Waals surface area contributed by atoms with Crippen LogP contribution in [0.25, 0.3) is 0 Å². The topological polar surface area (TPSA) is 55.4 Å². The minimum atomic E-state index is -0.464. The molecule has 1 aromatic carbocycles. The monoisotopic (exact) mass is 235 g/mol. The second-order valence-electron chi connectivity index (χ2n) is 3.76. The first-order chi connectivity index (χ1) is 8.04. The molecule has 0 fully saturated rings. The van der Waals surface area contributed by atoms with Crippen LogP contribution in [-0.2, 0) is 4.79 Å². The molecule has 0 spiro atoms. The number of carbonyl (C=O) groups is 2. The van der Waals surface area contributed by atoms with Gasteiger partial charge in [-0.05, 0) is 45.0 Å². The van der Waals surface area contributed by atoms with E-state index in [1.165, 1.54) is 6.92 Å². The first kappa shape index (κ1) is 13.2. The van der Waals surface area contributed by atoms with Crippen molar-refractivity contribution in [2.45, 2.75) is 26.8 Å². The van der Waals surface area contributed by atoms with E-state index in [0.717, 1.165) is 5.75 Å². The number of ether oxygens (including phenoxy) is 1. The molecule has 0 saturated heterocycles. The van der Waals surface area contributed by atoms with E-state index in [1.54, 1.807) is 31.2 Å². The molecule has 92 valence electrons. The van der Waals surface area contributed by atoms with Crippen LogP contribution in [0.4, 0.5) is 0 Å². The van der Waals surface area contributed by atoms with Crippen molar-refractivity contribution in [1.29, 1.82) is 0 Å². The van der Waals surface area contributed by atoms with Crippen molar-refractivity contribution in [2.24, 2.45) is 0 Å². The molecule has 1 amide bonds. The molecule has 4 heteroatoms. The molecule has 0 aliphatic heterocycles. The Morgan fingerprint density at radius 3 is 2.35 bits per heavy atom. The maximum atomic E-state index is 11.7. The zero-order valence-electron chi connectivity index (χ0n) is 10.3. The molecule has 1 aromatic rings. The van der Waals surface area contributed by atoms with Crippen LogP contribution in [0, 0.1) is 0 Å². The van der Waals surface area contributed by atoms with Crippen molar-refractivity contribution in [3.05, 3.63) is 29.8 Å². The Morgan fingerprint density at radius 2 is 1.88 bits per heavy atom. The number of carbonyl (C=O) groups excluding carboxylic acids is 2. The highest BCUT2D eigenvalue weighted by Crippen LogP contribution is 2.12. The Bertz CT molecular complexity index is 398. The van der Waals surface area contributed by atoms with Crippen LogP contribution in [0.15, 0.2) is 24.3 Å². The summed E-state index contributed by atoms with van der Waals surface area (Å²) >= 11 is 0. The number of Topliss-reactive ketones (excluding diaryl/α,β-unsaturated/α-hetero) is 1. The predicted octanol–water partition coefficient (Wildman–Crippen LogP) is 1.79. The van der Waals surface area contributed by atoms with Crippen LogP contribution in [0.2, 0.25) is 0 Å². The second-order valence-corrected chi connectivity index (χ2v) is 3.76. The number of rotatable bonds is 5. The average molecular weight is 235 g/mol. The van der Waals surface area contributed by atoms with Crippen LogP contribution < -0.4 is 10.1 Å². The van der Waals surface area contributed by atoms with Crippen molar-refractivity contribution in [3.63, 3.8) is 0 Å². The maximum Gasteiger partial charge on any atom is 0.251 e.